The fourth-order valence-corrected chi connectivity index (χ4v) is 8.77. The van der Waals surface area contributed by atoms with Gasteiger partial charge in [-0.1, -0.05) is 75.5 Å². The molecule has 0 N–H and O–H groups in total. The number of allylic oxidation sites excluding steroid dienone is 5. The number of rotatable bonds is 11. The maximum Gasteiger partial charge on any atom is 0.269 e. The molecule has 1 heterocycles. The van der Waals surface area contributed by atoms with Crippen LogP contribution in [0.3, 0.4) is 0 Å². The second-order valence-electron chi connectivity index (χ2n) is 14.6. The van der Waals surface area contributed by atoms with Crippen LogP contribution < -0.4 is 9.64 Å². The van der Waals surface area contributed by atoms with Crippen LogP contribution in [0, 0.1) is 27.2 Å². The summed E-state index contributed by atoms with van der Waals surface area (Å²) in [6, 6.07) is 18.9. The Morgan fingerprint density at radius 2 is 1.46 bits per heavy atom. The highest BCUT2D eigenvalue weighted by Gasteiger charge is 2.48. The molecule has 0 atom stereocenters. The molecule has 2 saturated carbocycles. The Labute approximate surface area is 295 Å². The smallest absolute Gasteiger partial charge is 0.269 e. The van der Waals surface area contributed by atoms with Crippen molar-refractivity contribution in [1.82, 2.24) is 0 Å². The Kier molecular flexibility index (Phi) is 10.3. The standard InChI is InChI=1S/C42H49N3O5/c1-30(2)50-36-19-15-33(16-20-36)22-27-43-39-21-18-35(45(48)49)29-38(39)42(25-9-6-10-26-42)40(43)13-11-12-32(4)41(23-7-5-8-24-41)37-28-34(44(46)47)17-14-31(37)3/h11-21,28-30H,4-10,22-27H2,1-3H3/b12-11+,40-13+. The molecule has 0 amide bonds. The molecular formula is C42H49N3O5. The fraction of sp³-hybridized carbons (Fsp3) is 0.429. The van der Waals surface area contributed by atoms with E-state index < -0.39 is 0 Å². The number of anilines is 1. The Bertz CT molecular complexity index is 1810. The number of nitro groups is 2. The van der Waals surface area contributed by atoms with Crippen LogP contribution in [0.1, 0.15) is 100 Å². The van der Waals surface area contributed by atoms with Gasteiger partial charge in [0.1, 0.15) is 5.75 Å². The first kappa shape index (κ1) is 35.1. The normalized spacial score (nSPS) is 18.9. The molecule has 8 heteroatoms. The average Bonchev–Trinajstić information content (AvgIpc) is 3.35. The quantitative estimate of drug-likeness (QED) is 0.114. The third kappa shape index (κ3) is 6.85. The second kappa shape index (κ2) is 14.6. The third-order valence-electron chi connectivity index (χ3n) is 11.2. The van der Waals surface area contributed by atoms with Gasteiger partial charge in [0.15, 0.2) is 0 Å². The van der Waals surface area contributed by atoms with Gasteiger partial charge in [0.05, 0.1) is 16.0 Å². The van der Waals surface area contributed by atoms with Crippen LogP contribution in [-0.2, 0) is 17.3 Å². The number of non-ortho nitro benzene ring substituents is 2. The van der Waals surface area contributed by atoms with Crippen LogP contribution in [0.2, 0.25) is 0 Å². The van der Waals surface area contributed by atoms with Crippen molar-refractivity contribution in [3.63, 3.8) is 0 Å². The minimum atomic E-state index is -0.365. The summed E-state index contributed by atoms with van der Waals surface area (Å²) in [6.45, 7) is 11.4. The number of nitrogens with zero attached hydrogens (tertiary/aromatic N) is 3. The highest BCUT2D eigenvalue weighted by molar-refractivity contribution is 5.73. The van der Waals surface area contributed by atoms with E-state index in [2.05, 4.69) is 41.8 Å². The number of aryl methyl sites for hydroxylation is 1. The molecule has 2 fully saturated rings. The van der Waals surface area contributed by atoms with E-state index in [-0.39, 0.29) is 38.2 Å². The van der Waals surface area contributed by atoms with Crippen LogP contribution in [-0.4, -0.2) is 22.5 Å². The van der Waals surface area contributed by atoms with Gasteiger partial charge >= 0.3 is 0 Å². The van der Waals surface area contributed by atoms with Crippen molar-refractivity contribution < 1.29 is 14.6 Å². The van der Waals surface area contributed by atoms with Crippen molar-refractivity contribution >= 4 is 17.1 Å². The predicted molar refractivity (Wildman–Crippen MR) is 200 cm³/mol. The predicted octanol–water partition coefficient (Wildman–Crippen LogP) is 10.8. The third-order valence-corrected chi connectivity index (χ3v) is 11.2. The molecule has 50 heavy (non-hydrogen) atoms. The summed E-state index contributed by atoms with van der Waals surface area (Å²) in [5.41, 5.74) is 7.08. The number of benzene rings is 3. The molecule has 0 aromatic heterocycles. The summed E-state index contributed by atoms with van der Waals surface area (Å²) in [6.07, 6.45) is 17.6. The summed E-state index contributed by atoms with van der Waals surface area (Å²) < 4.78 is 5.86. The number of hydrogen-bond acceptors (Lipinski definition) is 6. The van der Waals surface area contributed by atoms with Gasteiger partial charge in [-0.25, -0.2) is 0 Å². The molecule has 0 bridgehead atoms. The van der Waals surface area contributed by atoms with Gasteiger partial charge < -0.3 is 9.64 Å². The Hall–Kier alpha value is -4.72. The van der Waals surface area contributed by atoms with E-state index in [0.717, 1.165) is 111 Å². The lowest BCUT2D eigenvalue weighted by Gasteiger charge is -2.40. The van der Waals surface area contributed by atoms with Gasteiger partial charge in [0, 0.05) is 53.0 Å². The van der Waals surface area contributed by atoms with Crippen LogP contribution in [0.4, 0.5) is 17.1 Å². The highest BCUT2D eigenvalue weighted by atomic mass is 16.6. The number of nitro benzene ring substituents is 2. The molecule has 3 aromatic rings. The second-order valence-corrected chi connectivity index (χ2v) is 14.6. The van der Waals surface area contributed by atoms with Crippen LogP contribution in [0.5, 0.6) is 5.75 Å². The van der Waals surface area contributed by atoms with Gasteiger partial charge in [-0.3, -0.25) is 20.2 Å². The van der Waals surface area contributed by atoms with E-state index in [9.17, 15) is 20.2 Å². The first-order chi connectivity index (χ1) is 24.0. The van der Waals surface area contributed by atoms with Gasteiger partial charge in [-0.2, -0.15) is 0 Å². The molecular weight excluding hydrogens is 626 g/mol. The van der Waals surface area contributed by atoms with Gasteiger partial charge in [-0.05, 0) is 105 Å². The largest absolute Gasteiger partial charge is 0.491 e. The molecule has 3 aliphatic rings. The topological polar surface area (TPSA) is 98.8 Å². The Morgan fingerprint density at radius 1 is 0.860 bits per heavy atom. The number of fused-ring (bicyclic) bond motifs is 2. The Morgan fingerprint density at radius 3 is 2.08 bits per heavy atom. The first-order valence-corrected chi connectivity index (χ1v) is 18.2. The first-order valence-electron chi connectivity index (χ1n) is 18.2. The van der Waals surface area contributed by atoms with Crippen molar-refractivity contribution in [2.45, 2.75) is 108 Å². The fourth-order valence-electron chi connectivity index (χ4n) is 8.77. The molecule has 1 aliphatic heterocycles. The molecule has 0 saturated heterocycles. The van der Waals surface area contributed by atoms with Crippen LogP contribution >= 0.6 is 0 Å². The maximum absolute atomic E-state index is 12.0. The molecule has 2 aliphatic carbocycles. The van der Waals surface area contributed by atoms with Crippen molar-refractivity contribution in [2.75, 3.05) is 11.4 Å². The molecule has 3 aromatic carbocycles. The van der Waals surface area contributed by atoms with Crippen molar-refractivity contribution in [2.24, 2.45) is 0 Å². The van der Waals surface area contributed by atoms with Gasteiger partial charge in [-0.15, -0.1) is 0 Å². The van der Waals surface area contributed by atoms with E-state index in [1.54, 1.807) is 18.2 Å². The molecule has 262 valence electrons. The van der Waals surface area contributed by atoms with Gasteiger partial charge in [0.2, 0.25) is 0 Å². The van der Waals surface area contributed by atoms with Crippen molar-refractivity contribution in [3.05, 3.63) is 139 Å². The van der Waals surface area contributed by atoms with E-state index >= 15 is 0 Å². The number of ether oxygens (including phenoxy) is 1. The van der Waals surface area contributed by atoms with E-state index in [0.29, 0.717) is 0 Å². The zero-order chi connectivity index (χ0) is 35.5. The minimum absolute atomic E-state index is 0.109. The van der Waals surface area contributed by atoms with E-state index in [1.807, 2.05) is 51.1 Å². The average molecular weight is 676 g/mol. The number of hydrogen-bond donors (Lipinski definition) is 0. The minimum Gasteiger partial charge on any atom is -0.491 e. The van der Waals surface area contributed by atoms with Crippen LogP contribution in [0.15, 0.2) is 96.7 Å². The van der Waals surface area contributed by atoms with Crippen molar-refractivity contribution in [3.8, 4) is 5.75 Å². The lowest BCUT2D eigenvalue weighted by atomic mass is 9.64. The summed E-state index contributed by atoms with van der Waals surface area (Å²) in [7, 11) is 0. The Balaban J connectivity index is 1.38. The maximum atomic E-state index is 12.0. The summed E-state index contributed by atoms with van der Waals surface area (Å²) in [4.78, 5) is 25.5. The lowest BCUT2D eigenvalue weighted by molar-refractivity contribution is -0.385. The summed E-state index contributed by atoms with van der Waals surface area (Å²) in [5.74, 6) is 0.853. The molecule has 8 nitrogen and oxygen atoms in total. The summed E-state index contributed by atoms with van der Waals surface area (Å²) in [5, 5.41) is 23.8. The molecule has 0 radical (unpaired) electrons. The monoisotopic (exact) mass is 675 g/mol. The molecule has 6 rings (SSSR count). The highest BCUT2D eigenvalue weighted by Crippen LogP contribution is 2.56. The van der Waals surface area contributed by atoms with E-state index in [1.165, 1.54) is 11.3 Å². The van der Waals surface area contributed by atoms with Crippen molar-refractivity contribution in [1.29, 1.82) is 0 Å². The van der Waals surface area contributed by atoms with Gasteiger partial charge in [0.25, 0.3) is 11.4 Å². The summed E-state index contributed by atoms with van der Waals surface area (Å²) >= 11 is 0. The molecule has 0 unspecified atom stereocenters. The zero-order valence-corrected chi connectivity index (χ0v) is 29.7. The SMILES string of the molecule is C=C(/C=C/C=C1/N(CCc2ccc(OC(C)C)cc2)c2ccc([N+](=O)[O-])cc2C12CCCCC2)C1(c2cc([N+](=O)[O-])ccc2C)CCCCC1. The lowest BCUT2D eigenvalue weighted by Crippen LogP contribution is -2.34. The zero-order valence-electron chi connectivity index (χ0n) is 29.7. The molecule has 1 spiro atoms. The van der Waals surface area contributed by atoms with E-state index in [4.69, 9.17) is 4.74 Å². The van der Waals surface area contributed by atoms with Crippen LogP contribution in [0.25, 0.3) is 0 Å².